The second-order valence-corrected chi connectivity index (χ2v) is 5.37. The van der Waals surface area contributed by atoms with Crippen molar-refractivity contribution < 1.29 is 9.90 Å². The van der Waals surface area contributed by atoms with Gasteiger partial charge in [0.05, 0.1) is 16.6 Å². The van der Waals surface area contributed by atoms with Gasteiger partial charge in [0.2, 0.25) is 0 Å². The number of hydrogen-bond acceptors (Lipinski definition) is 3. The van der Waals surface area contributed by atoms with E-state index in [1.54, 1.807) is 11.0 Å². The highest BCUT2D eigenvalue weighted by atomic mass is 79.9. The van der Waals surface area contributed by atoms with Crippen LogP contribution in [0.4, 0.5) is 10.5 Å². The van der Waals surface area contributed by atoms with Crippen LogP contribution in [-0.2, 0) is 4.32 Å². The van der Waals surface area contributed by atoms with Crippen LogP contribution in [0.3, 0.4) is 0 Å². The van der Waals surface area contributed by atoms with E-state index in [4.69, 9.17) is 0 Å². The number of hydrogen-bond donors (Lipinski definition) is 3. The molecule has 0 aliphatic carbocycles. The fraction of sp³-hybridized carbons (Fsp3) is 0.182. The summed E-state index contributed by atoms with van der Waals surface area (Å²) in [6, 6.07) is 7.25. The number of carbonyl (C=O) groups is 1. The zero-order valence-corrected chi connectivity index (χ0v) is 10.4. The number of para-hydroxylation sites is 1. The third-order valence-corrected chi connectivity index (χ3v) is 3.84. The second-order valence-electron chi connectivity index (χ2n) is 3.96. The number of hydrazine groups is 1. The van der Waals surface area contributed by atoms with Crippen molar-refractivity contribution >= 4 is 27.6 Å². The van der Waals surface area contributed by atoms with E-state index in [0.29, 0.717) is 5.82 Å². The molecule has 2 aliphatic heterocycles. The van der Waals surface area contributed by atoms with Crippen molar-refractivity contribution in [2.75, 3.05) is 11.5 Å². The third-order valence-electron chi connectivity index (χ3n) is 2.93. The van der Waals surface area contributed by atoms with Gasteiger partial charge in [-0.05, 0) is 17.7 Å². The molecule has 1 unspecified atom stereocenters. The van der Waals surface area contributed by atoms with Crippen LogP contribution in [0.15, 0.2) is 36.2 Å². The summed E-state index contributed by atoms with van der Waals surface area (Å²) in [6.07, 6.45) is 1.78. The number of urea groups is 1. The first-order chi connectivity index (χ1) is 8.15. The van der Waals surface area contributed by atoms with E-state index in [1.165, 1.54) is 0 Å². The van der Waals surface area contributed by atoms with Gasteiger partial charge < -0.3 is 5.11 Å². The summed E-state index contributed by atoms with van der Waals surface area (Å²) in [5.74, 6) is 0.625. The number of fused-ring (bicyclic) bond motifs is 3. The summed E-state index contributed by atoms with van der Waals surface area (Å²) in [5, 5.41) is 9.54. The molecule has 2 amide bonds. The molecular weight excluding hydrogens is 286 g/mol. The zero-order valence-electron chi connectivity index (χ0n) is 8.77. The number of halogens is 1. The number of anilines is 1. The highest BCUT2D eigenvalue weighted by molar-refractivity contribution is 9.09. The van der Waals surface area contributed by atoms with Crippen molar-refractivity contribution in [1.82, 2.24) is 10.9 Å². The highest BCUT2D eigenvalue weighted by Gasteiger charge is 2.40. The van der Waals surface area contributed by atoms with Crippen molar-refractivity contribution in [1.29, 1.82) is 0 Å². The number of aliphatic hydroxyl groups excluding tert-OH is 1. The van der Waals surface area contributed by atoms with Crippen molar-refractivity contribution in [3.05, 3.63) is 41.7 Å². The van der Waals surface area contributed by atoms with Gasteiger partial charge in [-0.2, -0.15) is 0 Å². The van der Waals surface area contributed by atoms with Crippen LogP contribution in [-0.4, -0.2) is 17.7 Å². The average Bonchev–Trinajstić information content (AvgIpc) is 2.71. The Morgan fingerprint density at radius 1 is 1.35 bits per heavy atom. The topological polar surface area (TPSA) is 64.6 Å². The second kappa shape index (κ2) is 3.48. The Morgan fingerprint density at radius 3 is 2.88 bits per heavy atom. The summed E-state index contributed by atoms with van der Waals surface area (Å²) in [5.41, 5.74) is 6.94. The molecule has 1 fully saturated rings. The monoisotopic (exact) mass is 295 g/mol. The van der Waals surface area contributed by atoms with Crippen molar-refractivity contribution in [3.8, 4) is 0 Å². The fourth-order valence-electron chi connectivity index (χ4n) is 2.12. The molecule has 6 heteroatoms. The Hall–Kier alpha value is -1.53. The number of nitrogens with zero attached hydrogens (tertiary/aromatic N) is 1. The molecule has 5 nitrogen and oxygen atoms in total. The molecule has 1 saturated heterocycles. The van der Waals surface area contributed by atoms with Gasteiger partial charge in [0.25, 0.3) is 0 Å². The average molecular weight is 296 g/mol. The molecule has 2 heterocycles. The van der Waals surface area contributed by atoms with Gasteiger partial charge in [-0.25, -0.2) is 15.1 Å². The molecule has 0 saturated carbocycles. The normalized spacial score (nSPS) is 25.6. The van der Waals surface area contributed by atoms with Crippen LogP contribution in [0, 0.1) is 0 Å². The Labute approximate surface area is 106 Å². The Balaban J connectivity index is 2.24. The van der Waals surface area contributed by atoms with Crippen molar-refractivity contribution in [2.24, 2.45) is 0 Å². The number of amides is 2. The van der Waals surface area contributed by atoms with Crippen LogP contribution >= 0.6 is 15.9 Å². The number of benzene rings is 1. The van der Waals surface area contributed by atoms with E-state index in [9.17, 15) is 9.90 Å². The van der Waals surface area contributed by atoms with E-state index in [2.05, 4.69) is 26.8 Å². The first kappa shape index (κ1) is 10.6. The minimum atomic E-state index is -0.658. The van der Waals surface area contributed by atoms with E-state index in [1.807, 2.05) is 24.3 Å². The number of nitrogens with one attached hydrogen (secondary N) is 2. The third kappa shape index (κ3) is 1.37. The number of alkyl halides is 1. The van der Waals surface area contributed by atoms with E-state index < -0.39 is 4.32 Å². The van der Waals surface area contributed by atoms with Crippen molar-refractivity contribution in [3.63, 3.8) is 0 Å². The predicted molar refractivity (Wildman–Crippen MR) is 66.4 cm³/mol. The molecule has 0 aromatic heterocycles. The molecule has 1 aromatic carbocycles. The lowest BCUT2D eigenvalue weighted by Crippen LogP contribution is -2.35. The van der Waals surface area contributed by atoms with Crippen molar-refractivity contribution in [2.45, 2.75) is 4.32 Å². The SMILES string of the molecule is O=C1NNC2=CC(Br)(CO)c3ccccc3N12. The molecule has 3 N–H and O–H groups in total. The maximum atomic E-state index is 11.7. The van der Waals surface area contributed by atoms with Gasteiger partial charge in [0, 0.05) is 0 Å². The molecular formula is C11H10BrN3O2. The molecule has 1 aromatic rings. The molecule has 17 heavy (non-hydrogen) atoms. The summed E-state index contributed by atoms with van der Waals surface area (Å²) < 4.78 is -0.658. The summed E-state index contributed by atoms with van der Waals surface area (Å²) >= 11 is 3.52. The maximum absolute atomic E-state index is 11.7. The minimum Gasteiger partial charge on any atom is -0.394 e. The Morgan fingerprint density at radius 2 is 2.12 bits per heavy atom. The van der Waals surface area contributed by atoms with Gasteiger partial charge >= 0.3 is 6.03 Å². The molecule has 2 aliphatic rings. The molecule has 0 bridgehead atoms. The van der Waals surface area contributed by atoms with Crippen LogP contribution in [0.1, 0.15) is 5.56 Å². The Bertz CT molecular complexity index is 531. The van der Waals surface area contributed by atoms with Crippen LogP contribution in [0.2, 0.25) is 0 Å². The molecule has 88 valence electrons. The molecule has 1 atom stereocenters. The summed E-state index contributed by atoms with van der Waals surface area (Å²) in [7, 11) is 0. The number of carbonyl (C=O) groups excluding carboxylic acids is 1. The van der Waals surface area contributed by atoms with Crippen LogP contribution in [0.5, 0.6) is 0 Å². The lowest BCUT2D eigenvalue weighted by Gasteiger charge is -2.33. The van der Waals surface area contributed by atoms with Gasteiger partial charge in [0.15, 0.2) is 0 Å². The van der Waals surface area contributed by atoms with E-state index in [-0.39, 0.29) is 12.6 Å². The van der Waals surface area contributed by atoms with Crippen LogP contribution in [0.25, 0.3) is 0 Å². The van der Waals surface area contributed by atoms with Gasteiger partial charge in [-0.3, -0.25) is 5.43 Å². The van der Waals surface area contributed by atoms with Gasteiger partial charge in [0.1, 0.15) is 5.82 Å². The van der Waals surface area contributed by atoms with Gasteiger partial charge in [-0.1, -0.05) is 34.1 Å². The van der Waals surface area contributed by atoms with E-state index >= 15 is 0 Å². The lowest BCUT2D eigenvalue weighted by atomic mass is 9.94. The summed E-state index contributed by atoms with van der Waals surface area (Å²) in [4.78, 5) is 13.3. The zero-order chi connectivity index (χ0) is 12.0. The number of aliphatic hydroxyl groups is 1. The quantitative estimate of drug-likeness (QED) is 0.681. The molecule has 0 radical (unpaired) electrons. The standard InChI is InChI=1S/C11H10BrN3O2/c12-11(6-16)5-9-13-14-10(17)15(9)8-4-2-1-3-7(8)11/h1-5,13,16H,6H2,(H,14,17). The fourth-order valence-corrected chi connectivity index (χ4v) is 2.68. The van der Waals surface area contributed by atoms with E-state index in [0.717, 1.165) is 11.3 Å². The first-order valence-corrected chi connectivity index (χ1v) is 5.93. The lowest BCUT2D eigenvalue weighted by molar-refractivity contribution is 0.250. The predicted octanol–water partition coefficient (Wildman–Crippen LogP) is 1.16. The Kier molecular flexibility index (Phi) is 2.17. The molecule has 0 spiro atoms. The van der Waals surface area contributed by atoms with Gasteiger partial charge in [-0.15, -0.1) is 0 Å². The maximum Gasteiger partial charge on any atom is 0.346 e. The van der Waals surface area contributed by atoms with Crippen LogP contribution < -0.4 is 15.8 Å². The minimum absolute atomic E-state index is 0.0861. The first-order valence-electron chi connectivity index (χ1n) is 5.14. The highest BCUT2D eigenvalue weighted by Crippen LogP contribution is 2.44. The summed E-state index contributed by atoms with van der Waals surface area (Å²) in [6.45, 7) is -0.0861. The largest absolute Gasteiger partial charge is 0.394 e. The number of rotatable bonds is 1. The smallest absolute Gasteiger partial charge is 0.346 e. The molecule has 3 rings (SSSR count).